The Morgan fingerprint density at radius 1 is 1.53 bits per heavy atom. The maximum absolute atomic E-state index is 8.71. The quantitative estimate of drug-likeness (QED) is 0.723. The lowest BCUT2D eigenvalue weighted by Crippen LogP contribution is -2.23. The van der Waals surface area contributed by atoms with E-state index in [4.69, 9.17) is 15.6 Å². The molecule has 4 heteroatoms. The minimum Gasteiger partial charge on any atom is -0.497 e. The van der Waals surface area contributed by atoms with Crippen molar-refractivity contribution in [1.29, 1.82) is 0 Å². The number of methoxy groups -OCH3 is 1. The van der Waals surface area contributed by atoms with Crippen molar-refractivity contribution in [3.05, 3.63) is 24.3 Å². The average Bonchev–Trinajstić information content (AvgIpc) is 2.27. The Bertz CT molecular complexity index is 294. The van der Waals surface area contributed by atoms with Gasteiger partial charge in [0.2, 0.25) is 0 Å². The second-order valence-corrected chi connectivity index (χ2v) is 4.36. The summed E-state index contributed by atoms with van der Waals surface area (Å²) in [7, 11) is 1.65. The van der Waals surface area contributed by atoms with E-state index < -0.39 is 0 Å². The van der Waals surface area contributed by atoms with Crippen LogP contribution in [0.15, 0.2) is 29.2 Å². The minimum absolute atomic E-state index is 0.0474. The topological polar surface area (TPSA) is 55.5 Å². The molecular weight excluding hydrogens is 210 g/mol. The molecule has 0 amide bonds. The van der Waals surface area contributed by atoms with Crippen LogP contribution in [0.1, 0.15) is 6.42 Å². The normalized spacial score (nSPS) is 12.5. The predicted octanol–water partition coefficient (Wildman–Crippen LogP) is 1.50. The first kappa shape index (κ1) is 12.4. The van der Waals surface area contributed by atoms with E-state index in [1.54, 1.807) is 18.9 Å². The summed E-state index contributed by atoms with van der Waals surface area (Å²) in [6.45, 7) is 0.153. The Morgan fingerprint density at radius 3 is 3.00 bits per heavy atom. The third kappa shape index (κ3) is 4.55. The molecule has 0 bridgehead atoms. The lowest BCUT2D eigenvalue weighted by atomic mass is 10.3. The summed E-state index contributed by atoms with van der Waals surface area (Å²) in [5.74, 6) is 1.67. The molecule has 84 valence electrons. The van der Waals surface area contributed by atoms with Crippen molar-refractivity contribution >= 4 is 11.8 Å². The first-order valence-electron chi connectivity index (χ1n) is 4.89. The molecule has 0 saturated heterocycles. The van der Waals surface area contributed by atoms with Crippen LogP contribution >= 0.6 is 11.8 Å². The Kier molecular flexibility index (Phi) is 5.53. The Labute approximate surface area is 94.6 Å². The van der Waals surface area contributed by atoms with Gasteiger partial charge in [0.25, 0.3) is 0 Å². The molecule has 1 unspecified atom stereocenters. The van der Waals surface area contributed by atoms with E-state index in [0.29, 0.717) is 6.42 Å². The van der Waals surface area contributed by atoms with Gasteiger partial charge >= 0.3 is 0 Å². The second-order valence-electron chi connectivity index (χ2n) is 3.26. The van der Waals surface area contributed by atoms with Crippen molar-refractivity contribution in [1.82, 2.24) is 0 Å². The molecule has 0 spiro atoms. The van der Waals surface area contributed by atoms with Crippen LogP contribution in [-0.4, -0.2) is 30.6 Å². The van der Waals surface area contributed by atoms with Crippen LogP contribution in [0.4, 0.5) is 0 Å². The SMILES string of the molecule is COc1cccc(SCC(N)CCO)c1. The molecule has 0 aliphatic rings. The van der Waals surface area contributed by atoms with Gasteiger partial charge in [0, 0.05) is 23.3 Å². The molecule has 3 nitrogen and oxygen atoms in total. The fourth-order valence-electron chi connectivity index (χ4n) is 1.14. The molecule has 1 rings (SSSR count). The highest BCUT2D eigenvalue weighted by atomic mass is 32.2. The summed E-state index contributed by atoms with van der Waals surface area (Å²) in [4.78, 5) is 1.14. The Morgan fingerprint density at radius 2 is 2.33 bits per heavy atom. The number of hydrogen-bond donors (Lipinski definition) is 2. The maximum Gasteiger partial charge on any atom is 0.119 e. The number of aliphatic hydroxyl groups excluding tert-OH is 1. The minimum atomic E-state index is 0.0474. The van der Waals surface area contributed by atoms with Crippen LogP contribution < -0.4 is 10.5 Å². The fourth-order valence-corrected chi connectivity index (χ4v) is 2.09. The molecule has 0 radical (unpaired) electrons. The molecule has 0 aromatic heterocycles. The van der Waals surface area contributed by atoms with Crippen LogP contribution in [0.5, 0.6) is 5.75 Å². The van der Waals surface area contributed by atoms with Crippen LogP contribution in [0.3, 0.4) is 0 Å². The third-order valence-electron chi connectivity index (χ3n) is 2.01. The van der Waals surface area contributed by atoms with Gasteiger partial charge in [0.05, 0.1) is 7.11 Å². The van der Waals surface area contributed by atoms with Crippen LogP contribution in [0, 0.1) is 0 Å². The third-order valence-corrected chi connectivity index (χ3v) is 3.19. The van der Waals surface area contributed by atoms with Gasteiger partial charge in [-0.2, -0.15) is 0 Å². The molecule has 1 aromatic rings. The fraction of sp³-hybridized carbons (Fsp3) is 0.455. The van der Waals surface area contributed by atoms with Crippen LogP contribution in [0.25, 0.3) is 0 Å². The monoisotopic (exact) mass is 227 g/mol. The van der Waals surface area contributed by atoms with Crippen LogP contribution in [-0.2, 0) is 0 Å². The number of aliphatic hydroxyl groups is 1. The number of hydrogen-bond acceptors (Lipinski definition) is 4. The van der Waals surface area contributed by atoms with Gasteiger partial charge in [-0.1, -0.05) is 6.07 Å². The molecule has 3 N–H and O–H groups in total. The van der Waals surface area contributed by atoms with E-state index in [1.165, 1.54) is 0 Å². The molecular formula is C11H17NO2S. The van der Waals surface area contributed by atoms with E-state index in [-0.39, 0.29) is 12.6 Å². The molecule has 0 saturated carbocycles. The van der Waals surface area contributed by atoms with Gasteiger partial charge in [0.1, 0.15) is 5.75 Å². The summed E-state index contributed by atoms with van der Waals surface area (Å²) >= 11 is 1.68. The van der Waals surface area contributed by atoms with E-state index in [0.717, 1.165) is 16.4 Å². The number of benzene rings is 1. The van der Waals surface area contributed by atoms with E-state index in [9.17, 15) is 0 Å². The van der Waals surface area contributed by atoms with E-state index >= 15 is 0 Å². The molecule has 0 aliphatic carbocycles. The maximum atomic E-state index is 8.71. The second kappa shape index (κ2) is 6.71. The lowest BCUT2D eigenvalue weighted by Gasteiger charge is -2.09. The first-order valence-corrected chi connectivity index (χ1v) is 5.88. The standard InChI is InChI=1S/C11H17NO2S/c1-14-10-3-2-4-11(7-10)15-8-9(12)5-6-13/h2-4,7,9,13H,5-6,8,12H2,1H3. The first-order chi connectivity index (χ1) is 7.26. The zero-order valence-corrected chi connectivity index (χ0v) is 9.67. The largest absolute Gasteiger partial charge is 0.497 e. The summed E-state index contributed by atoms with van der Waals surface area (Å²) in [6, 6.07) is 7.93. The number of nitrogens with two attached hydrogens (primary N) is 1. The van der Waals surface area contributed by atoms with Gasteiger partial charge in [-0.15, -0.1) is 11.8 Å². The van der Waals surface area contributed by atoms with Gasteiger partial charge in [-0.25, -0.2) is 0 Å². The highest BCUT2D eigenvalue weighted by molar-refractivity contribution is 7.99. The van der Waals surface area contributed by atoms with E-state index in [1.807, 2.05) is 24.3 Å². The van der Waals surface area contributed by atoms with Gasteiger partial charge < -0.3 is 15.6 Å². The average molecular weight is 227 g/mol. The van der Waals surface area contributed by atoms with Crippen molar-refractivity contribution < 1.29 is 9.84 Å². The molecule has 15 heavy (non-hydrogen) atoms. The van der Waals surface area contributed by atoms with Gasteiger partial charge in [-0.05, 0) is 24.6 Å². The van der Waals surface area contributed by atoms with Crippen molar-refractivity contribution in [2.24, 2.45) is 5.73 Å². The van der Waals surface area contributed by atoms with Crippen molar-refractivity contribution in [2.45, 2.75) is 17.4 Å². The molecule has 1 aromatic carbocycles. The van der Waals surface area contributed by atoms with E-state index in [2.05, 4.69) is 0 Å². The zero-order valence-electron chi connectivity index (χ0n) is 8.85. The lowest BCUT2D eigenvalue weighted by molar-refractivity contribution is 0.279. The van der Waals surface area contributed by atoms with Gasteiger partial charge in [0.15, 0.2) is 0 Å². The summed E-state index contributed by atoms with van der Waals surface area (Å²) in [5, 5.41) is 8.71. The van der Waals surface area contributed by atoms with Crippen molar-refractivity contribution in [2.75, 3.05) is 19.5 Å². The van der Waals surface area contributed by atoms with Crippen molar-refractivity contribution in [3.8, 4) is 5.75 Å². The highest BCUT2D eigenvalue weighted by Gasteiger charge is 2.03. The van der Waals surface area contributed by atoms with Crippen molar-refractivity contribution in [3.63, 3.8) is 0 Å². The number of rotatable bonds is 6. The predicted molar refractivity (Wildman–Crippen MR) is 63.4 cm³/mol. The molecule has 0 aliphatic heterocycles. The Balaban J connectivity index is 2.43. The zero-order chi connectivity index (χ0) is 11.1. The molecule has 0 fully saturated rings. The number of thioether (sulfide) groups is 1. The van der Waals surface area contributed by atoms with Gasteiger partial charge in [-0.3, -0.25) is 0 Å². The number of ether oxygens (including phenoxy) is 1. The molecule has 1 atom stereocenters. The summed E-state index contributed by atoms with van der Waals surface area (Å²) < 4.78 is 5.12. The Hall–Kier alpha value is -0.710. The summed E-state index contributed by atoms with van der Waals surface area (Å²) in [5.41, 5.74) is 5.79. The molecule has 0 heterocycles. The summed E-state index contributed by atoms with van der Waals surface area (Å²) in [6.07, 6.45) is 0.650. The smallest absolute Gasteiger partial charge is 0.119 e. The van der Waals surface area contributed by atoms with Crippen LogP contribution in [0.2, 0.25) is 0 Å². The highest BCUT2D eigenvalue weighted by Crippen LogP contribution is 2.23.